The Bertz CT molecular complexity index is 1350. The molecule has 0 saturated carbocycles. The van der Waals surface area contributed by atoms with Crippen LogP contribution in [-0.2, 0) is 12.7 Å². The Hall–Kier alpha value is -3.88. The van der Waals surface area contributed by atoms with Crippen LogP contribution < -0.4 is 0 Å². The molecular formula is C27H26F3N5O. The topological polar surface area (TPSA) is 56.0 Å². The first-order valence-corrected chi connectivity index (χ1v) is 11.9. The van der Waals surface area contributed by atoms with E-state index < -0.39 is 11.7 Å². The molecule has 5 rings (SSSR count). The van der Waals surface area contributed by atoms with E-state index in [0.717, 1.165) is 23.3 Å². The quantitative estimate of drug-likeness (QED) is 0.371. The van der Waals surface area contributed by atoms with Gasteiger partial charge in [0.1, 0.15) is 5.82 Å². The molecule has 6 nitrogen and oxygen atoms in total. The fourth-order valence-corrected chi connectivity index (χ4v) is 4.89. The van der Waals surface area contributed by atoms with E-state index in [9.17, 15) is 18.0 Å². The number of imidazole rings is 1. The lowest BCUT2D eigenvalue weighted by atomic mass is 9.95. The molecule has 0 aliphatic carbocycles. The van der Waals surface area contributed by atoms with E-state index in [4.69, 9.17) is 0 Å². The number of carbonyl (C=O) groups is 1. The van der Waals surface area contributed by atoms with Crippen molar-refractivity contribution in [2.75, 3.05) is 13.1 Å². The van der Waals surface area contributed by atoms with Gasteiger partial charge in [-0.1, -0.05) is 36.4 Å². The van der Waals surface area contributed by atoms with Crippen molar-refractivity contribution in [3.8, 4) is 5.69 Å². The maximum atomic E-state index is 13.4. The third-order valence-electron chi connectivity index (χ3n) is 6.80. The number of halogens is 3. The number of benzene rings is 2. The number of hydrogen-bond acceptors (Lipinski definition) is 3. The van der Waals surface area contributed by atoms with Crippen molar-refractivity contribution < 1.29 is 18.0 Å². The average Bonchev–Trinajstić information content (AvgIpc) is 3.50. The summed E-state index contributed by atoms with van der Waals surface area (Å²) in [6.07, 6.45) is 1.94. The molecule has 0 N–H and O–H groups in total. The van der Waals surface area contributed by atoms with Crippen LogP contribution in [0.3, 0.4) is 0 Å². The molecule has 2 aromatic carbocycles. The molecule has 36 heavy (non-hydrogen) atoms. The molecule has 1 aliphatic rings. The minimum absolute atomic E-state index is 0.0597. The number of rotatable bonds is 5. The highest BCUT2D eigenvalue weighted by molar-refractivity contribution is 5.95. The standard InChI is InChI=1S/C27H26F3N5O/c1-19-23(17-32-35(19)22-8-3-2-4-9-22)26(36)33-14-11-20(12-15-33)25-31-13-16-34(25)18-21-7-5-6-10-24(21)27(28,29)30/h2-10,13,16-17,20H,11-12,14-15,18H2,1H3. The summed E-state index contributed by atoms with van der Waals surface area (Å²) in [5.41, 5.74) is 1.83. The minimum atomic E-state index is -4.41. The Balaban J connectivity index is 1.27. The van der Waals surface area contributed by atoms with Crippen LogP contribution in [0.5, 0.6) is 0 Å². The molecule has 4 aromatic rings. The molecule has 0 atom stereocenters. The van der Waals surface area contributed by atoms with Crippen molar-refractivity contribution in [2.24, 2.45) is 0 Å². The van der Waals surface area contributed by atoms with Gasteiger partial charge in [0.2, 0.25) is 0 Å². The van der Waals surface area contributed by atoms with Gasteiger partial charge in [-0.15, -0.1) is 0 Å². The molecule has 0 spiro atoms. The van der Waals surface area contributed by atoms with Crippen molar-refractivity contribution >= 4 is 5.91 Å². The molecule has 3 heterocycles. The van der Waals surface area contributed by atoms with Gasteiger partial charge in [-0.3, -0.25) is 4.79 Å². The molecular weight excluding hydrogens is 467 g/mol. The smallest absolute Gasteiger partial charge is 0.338 e. The van der Waals surface area contributed by atoms with Crippen LogP contribution in [0.2, 0.25) is 0 Å². The Morgan fingerprint density at radius 1 is 1.03 bits per heavy atom. The van der Waals surface area contributed by atoms with Crippen molar-refractivity contribution in [3.63, 3.8) is 0 Å². The van der Waals surface area contributed by atoms with Gasteiger partial charge in [0.25, 0.3) is 5.91 Å². The Morgan fingerprint density at radius 2 is 1.72 bits per heavy atom. The number of para-hydroxylation sites is 1. The summed E-state index contributed by atoms with van der Waals surface area (Å²) < 4.78 is 43.9. The average molecular weight is 494 g/mol. The highest BCUT2D eigenvalue weighted by atomic mass is 19.4. The lowest BCUT2D eigenvalue weighted by molar-refractivity contribution is -0.138. The number of amides is 1. The summed E-state index contributed by atoms with van der Waals surface area (Å²) in [6.45, 7) is 3.08. The van der Waals surface area contributed by atoms with E-state index in [0.29, 0.717) is 31.5 Å². The van der Waals surface area contributed by atoms with Crippen molar-refractivity contribution in [2.45, 2.75) is 38.4 Å². The third-order valence-corrected chi connectivity index (χ3v) is 6.80. The van der Waals surface area contributed by atoms with Gasteiger partial charge in [-0.2, -0.15) is 18.3 Å². The SMILES string of the molecule is Cc1c(C(=O)N2CCC(c3nccn3Cc3ccccc3C(F)(F)F)CC2)cnn1-c1ccccc1. The number of hydrogen-bond donors (Lipinski definition) is 0. The summed E-state index contributed by atoms with van der Waals surface area (Å²) in [5.74, 6) is 0.762. The van der Waals surface area contributed by atoms with E-state index in [1.54, 1.807) is 33.9 Å². The Morgan fingerprint density at radius 3 is 2.44 bits per heavy atom. The van der Waals surface area contributed by atoms with Gasteiger partial charge in [-0.05, 0) is 43.5 Å². The zero-order valence-electron chi connectivity index (χ0n) is 19.8. The van der Waals surface area contributed by atoms with Crippen molar-refractivity contribution in [1.82, 2.24) is 24.2 Å². The lowest BCUT2D eigenvalue weighted by Gasteiger charge is -2.32. The van der Waals surface area contributed by atoms with E-state index in [-0.39, 0.29) is 23.9 Å². The van der Waals surface area contributed by atoms with Crippen LogP contribution in [0.1, 0.15) is 51.8 Å². The van der Waals surface area contributed by atoms with Crippen LogP contribution >= 0.6 is 0 Å². The molecule has 2 aromatic heterocycles. The maximum absolute atomic E-state index is 13.4. The van der Waals surface area contributed by atoms with Gasteiger partial charge in [0, 0.05) is 37.9 Å². The van der Waals surface area contributed by atoms with Gasteiger partial charge >= 0.3 is 6.18 Å². The second-order valence-electron chi connectivity index (χ2n) is 9.03. The minimum Gasteiger partial charge on any atom is -0.338 e. The van der Waals surface area contributed by atoms with Crippen LogP contribution in [0.25, 0.3) is 5.69 Å². The van der Waals surface area contributed by atoms with Crippen LogP contribution in [-0.4, -0.2) is 43.2 Å². The highest BCUT2D eigenvalue weighted by Crippen LogP contribution is 2.33. The van der Waals surface area contributed by atoms with Crippen LogP contribution in [0, 0.1) is 6.92 Å². The maximum Gasteiger partial charge on any atom is 0.416 e. The monoisotopic (exact) mass is 493 g/mol. The molecule has 1 saturated heterocycles. The van der Waals surface area contributed by atoms with Crippen molar-refractivity contribution in [3.05, 3.63) is 101 Å². The third kappa shape index (κ3) is 4.65. The summed E-state index contributed by atoms with van der Waals surface area (Å²) >= 11 is 0. The van der Waals surface area contributed by atoms with Crippen molar-refractivity contribution in [1.29, 1.82) is 0 Å². The number of nitrogens with zero attached hydrogens (tertiary/aromatic N) is 5. The summed E-state index contributed by atoms with van der Waals surface area (Å²) in [7, 11) is 0. The van der Waals surface area contributed by atoms with Gasteiger partial charge < -0.3 is 9.47 Å². The number of alkyl halides is 3. The lowest BCUT2D eigenvalue weighted by Crippen LogP contribution is -2.38. The predicted octanol–water partition coefficient (Wildman–Crippen LogP) is 5.46. The molecule has 0 bridgehead atoms. The zero-order chi connectivity index (χ0) is 25.3. The highest BCUT2D eigenvalue weighted by Gasteiger charge is 2.33. The molecule has 0 radical (unpaired) electrons. The van der Waals surface area contributed by atoms with Gasteiger partial charge in [0.05, 0.1) is 28.7 Å². The van der Waals surface area contributed by atoms with E-state index in [1.165, 1.54) is 12.1 Å². The second kappa shape index (κ2) is 9.64. The van der Waals surface area contributed by atoms with Crippen LogP contribution in [0.15, 0.2) is 73.2 Å². The van der Waals surface area contributed by atoms with E-state index >= 15 is 0 Å². The normalized spacial score (nSPS) is 14.8. The molecule has 1 aliphatic heterocycles. The summed E-state index contributed by atoms with van der Waals surface area (Å²) in [6, 6.07) is 15.3. The second-order valence-corrected chi connectivity index (χ2v) is 9.03. The van der Waals surface area contributed by atoms with E-state index in [2.05, 4.69) is 10.1 Å². The first kappa shape index (κ1) is 23.8. The molecule has 0 unspecified atom stereocenters. The predicted molar refractivity (Wildman–Crippen MR) is 129 cm³/mol. The zero-order valence-corrected chi connectivity index (χ0v) is 19.8. The largest absolute Gasteiger partial charge is 0.416 e. The van der Waals surface area contributed by atoms with Crippen LogP contribution in [0.4, 0.5) is 13.2 Å². The first-order valence-electron chi connectivity index (χ1n) is 11.9. The number of aromatic nitrogens is 4. The fraction of sp³-hybridized carbons (Fsp3) is 0.296. The Labute approximate surface area is 207 Å². The molecule has 9 heteroatoms. The summed E-state index contributed by atoms with van der Waals surface area (Å²) in [4.78, 5) is 19.5. The molecule has 186 valence electrons. The summed E-state index contributed by atoms with van der Waals surface area (Å²) in [5, 5.41) is 4.41. The van der Waals surface area contributed by atoms with E-state index in [1.807, 2.05) is 42.2 Å². The van der Waals surface area contributed by atoms with Gasteiger partial charge in [0.15, 0.2) is 0 Å². The fourth-order valence-electron chi connectivity index (χ4n) is 4.89. The van der Waals surface area contributed by atoms with Gasteiger partial charge in [-0.25, -0.2) is 9.67 Å². The number of carbonyl (C=O) groups excluding carboxylic acids is 1. The number of piperidine rings is 1. The molecule has 1 amide bonds. The number of likely N-dealkylation sites (tertiary alicyclic amines) is 1. The molecule has 1 fully saturated rings. The first-order chi connectivity index (χ1) is 17.3. The Kier molecular flexibility index (Phi) is 6.38.